The van der Waals surface area contributed by atoms with E-state index in [2.05, 4.69) is 71.3 Å². The van der Waals surface area contributed by atoms with Gasteiger partial charge in [0.1, 0.15) is 11.4 Å². The number of amides is 1. The molecule has 0 N–H and O–H groups in total. The van der Waals surface area contributed by atoms with E-state index in [0.29, 0.717) is 12.5 Å². The molecular formula is C39H52N4O3. The van der Waals surface area contributed by atoms with Gasteiger partial charge in [-0.15, -0.1) is 0 Å². The summed E-state index contributed by atoms with van der Waals surface area (Å²) in [6, 6.07) is 23.9. The number of carbonyl (C=O) groups excluding carboxylic acids is 1. The van der Waals surface area contributed by atoms with Gasteiger partial charge in [-0.05, 0) is 88.7 Å². The number of pyridine rings is 1. The molecule has 2 fully saturated rings. The molecule has 3 atom stereocenters. The summed E-state index contributed by atoms with van der Waals surface area (Å²) >= 11 is 0. The van der Waals surface area contributed by atoms with Crippen LogP contribution in [0.3, 0.4) is 0 Å². The first-order valence-corrected chi connectivity index (χ1v) is 17.4. The number of aromatic nitrogens is 1. The van der Waals surface area contributed by atoms with Gasteiger partial charge in [-0.2, -0.15) is 0 Å². The number of hydrogen-bond donors (Lipinski definition) is 0. The topological polar surface area (TPSA) is 58.1 Å². The number of rotatable bonds is 8. The van der Waals surface area contributed by atoms with Crippen LogP contribution in [0, 0.1) is 5.92 Å². The van der Waals surface area contributed by atoms with Gasteiger partial charge in [0.2, 0.25) is 0 Å². The molecule has 46 heavy (non-hydrogen) atoms. The van der Waals surface area contributed by atoms with E-state index in [1.54, 1.807) is 0 Å². The first kappa shape index (κ1) is 32.5. The fourth-order valence-electron chi connectivity index (χ4n) is 8.16. The third-order valence-electron chi connectivity index (χ3n) is 10.2. The minimum absolute atomic E-state index is 0.00976. The predicted octanol–water partition coefficient (Wildman–Crippen LogP) is 7.53. The van der Waals surface area contributed by atoms with E-state index >= 15 is 0 Å². The van der Waals surface area contributed by atoms with Crippen molar-refractivity contribution in [2.75, 3.05) is 39.3 Å². The zero-order valence-corrected chi connectivity index (χ0v) is 28.5. The number of likely N-dealkylation sites (tertiary alicyclic amines) is 2. The number of piperidine rings is 1. The van der Waals surface area contributed by atoms with E-state index < -0.39 is 5.60 Å². The van der Waals surface area contributed by atoms with Gasteiger partial charge in [0.25, 0.3) is 0 Å². The van der Waals surface area contributed by atoms with Crippen LogP contribution in [-0.4, -0.2) is 76.8 Å². The molecular weight excluding hydrogens is 572 g/mol. The molecule has 0 unspecified atom stereocenters. The van der Waals surface area contributed by atoms with Crippen molar-refractivity contribution in [3.8, 4) is 17.0 Å². The molecule has 246 valence electrons. The van der Waals surface area contributed by atoms with Crippen LogP contribution in [0.15, 0.2) is 66.7 Å². The summed E-state index contributed by atoms with van der Waals surface area (Å²) in [5.41, 5.74) is 5.48. The van der Waals surface area contributed by atoms with Crippen molar-refractivity contribution in [1.82, 2.24) is 19.7 Å². The number of para-hydroxylation sites is 1. The monoisotopic (exact) mass is 624 g/mol. The molecule has 0 saturated carbocycles. The lowest BCUT2D eigenvalue weighted by Gasteiger charge is -2.53. The standard InChI is InChI=1S/C39H52N4O3/c1-6-30-25-41(24-29-14-9-8-10-15-29)23-21-39(30)28-42(26-31-16-13-22-43(31)37(44)46-38(3,4)5)27-35-33(39)19-20-34(40-35)32-17-11-12-18-36(32)45-7-2/h8-12,14-15,17-20,30-31H,6-7,13,16,21-28H2,1-5H3/t30-,31-,39+/m1/s1. The molecule has 2 saturated heterocycles. The molecule has 7 nitrogen and oxygen atoms in total. The number of hydrogen-bond acceptors (Lipinski definition) is 6. The number of carbonyl (C=O) groups is 1. The van der Waals surface area contributed by atoms with E-state index in [1.807, 2.05) is 44.7 Å². The molecule has 3 aliphatic heterocycles. The summed E-state index contributed by atoms with van der Waals surface area (Å²) in [7, 11) is 0. The number of fused-ring (bicyclic) bond motifs is 2. The van der Waals surface area contributed by atoms with Crippen molar-refractivity contribution >= 4 is 6.09 Å². The van der Waals surface area contributed by atoms with Gasteiger partial charge >= 0.3 is 6.09 Å². The Hall–Kier alpha value is -3.42. The Morgan fingerprint density at radius 2 is 1.76 bits per heavy atom. The van der Waals surface area contributed by atoms with Gasteiger partial charge in [-0.1, -0.05) is 61.9 Å². The van der Waals surface area contributed by atoms with Crippen LogP contribution in [0.25, 0.3) is 11.3 Å². The maximum atomic E-state index is 13.2. The van der Waals surface area contributed by atoms with Gasteiger partial charge in [0.15, 0.2) is 0 Å². The first-order chi connectivity index (χ1) is 22.2. The summed E-state index contributed by atoms with van der Waals surface area (Å²) in [6.45, 7) is 17.3. The normalized spacial score (nSPS) is 23.8. The fourth-order valence-corrected chi connectivity index (χ4v) is 8.16. The molecule has 7 heteroatoms. The van der Waals surface area contributed by atoms with Crippen molar-refractivity contribution in [3.05, 3.63) is 83.6 Å². The van der Waals surface area contributed by atoms with Crippen molar-refractivity contribution in [3.63, 3.8) is 0 Å². The summed E-state index contributed by atoms with van der Waals surface area (Å²) in [6.07, 6.45) is 4.05. The third kappa shape index (κ3) is 6.96. The zero-order valence-electron chi connectivity index (χ0n) is 28.5. The highest BCUT2D eigenvalue weighted by atomic mass is 16.6. The lowest BCUT2D eigenvalue weighted by Crippen LogP contribution is -2.58. The Bertz CT molecular complexity index is 1490. The number of nitrogens with zero attached hydrogens (tertiary/aromatic N) is 4. The Labute approximate surface area is 275 Å². The molecule has 3 aromatic rings. The average Bonchev–Trinajstić information content (AvgIpc) is 3.50. The molecule has 1 amide bonds. The van der Waals surface area contributed by atoms with Crippen LogP contribution in [0.2, 0.25) is 0 Å². The summed E-state index contributed by atoms with van der Waals surface area (Å²) < 4.78 is 11.9. The van der Waals surface area contributed by atoms with Gasteiger partial charge < -0.3 is 14.4 Å². The minimum Gasteiger partial charge on any atom is -0.493 e. The van der Waals surface area contributed by atoms with E-state index in [1.165, 1.54) is 16.8 Å². The molecule has 2 aromatic carbocycles. The maximum Gasteiger partial charge on any atom is 0.410 e. The quantitative estimate of drug-likeness (QED) is 0.258. The Morgan fingerprint density at radius 1 is 0.978 bits per heavy atom. The SMILES string of the molecule is CCOc1ccccc1-c1ccc2c(n1)CN(C[C@H]1CCCN1C(=O)OC(C)(C)C)C[C@]21CCN(Cc2ccccc2)C[C@H]1CC. The number of benzene rings is 2. The summed E-state index contributed by atoms with van der Waals surface area (Å²) in [5, 5.41) is 0. The van der Waals surface area contributed by atoms with E-state index in [9.17, 15) is 4.79 Å². The van der Waals surface area contributed by atoms with Gasteiger partial charge in [-0.25, -0.2) is 4.79 Å². The average molecular weight is 625 g/mol. The van der Waals surface area contributed by atoms with Crippen LogP contribution in [0.1, 0.15) is 77.1 Å². The summed E-state index contributed by atoms with van der Waals surface area (Å²) in [5.74, 6) is 1.37. The summed E-state index contributed by atoms with van der Waals surface area (Å²) in [4.78, 5) is 25.9. The predicted molar refractivity (Wildman–Crippen MR) is 184 cm³/mol. The largest absolute Gasteiger partial charge is 0.493 e. The maximum absolute atomic E-state index is 13.2. The van der Waals surface area contributed by atoms with Crippen LogP contribution < -0.4 is 4.74 Å². The lowest BCUT2D eigenvalue weighted by molar-refractivity contribution is 0.0107. The fraction of sp³-hybridized carbons (Fsp3) is 0.538. The second-order valence-corrected chi connectivity index (χ2v) is 14.5. The van der Waals surface area contributed by atoms with E-state index in [0.717, 1.165) is 88.5 Å². The van der Waals surface area contributed by atoms with Crippen molar-refractivity contribution in [2.24, 2.45) is 5.92 Å². The second-order valence-electron chi connectivity index (χ2n) is 14.5. The van der Waals surface area contributed by atoms with Crippen molar-refractivity contribution in [1.29, 1.82) is 0 Å². The van der Waals surface area contributed by atoms with Crippen molar-refractivity contribution < 1.29 is 14.3 Å². The first-order valence-electron chi connectivity index (χ1n) is 17.4. The van der Waals surface area contributed by atoms with Crippen LogP contribution in [0.5, 0.6) is 5.75 Å². The smallest absolute Gasteiger partial charge is 0.410 e. The molecule has 1 spiro atoms. The van der Waals surface area contributed by atoms with Gasteiger partial charge in [0.05, 0.1) is 18.0 Å². The third-order valence-corrected chi connectivity index (χ3v) is 10.2. The highest BCUT2D eigenvalue weighted by Crippen LogP contribution is 2.47. The van der Waals surface area contributed by atoms with Gasteiger partial charge in [-0.3, -0.25) is 14.8 Å². The molecule has 0 aliphatic carbocycles. The van der Waals surface area contributed by atoms with E-state index in [4.69, 9.17) is 14.5 Å². The van der Waals surface area contributed by atoms with E-state index in [-0.39, 0.29) is 17.6 Å². The molecule has 0 bridgehead atoms. The number of ether oxygens (including phenoxy) is 2. The van der Waals surface area contributed by atoms with Crippen LogP contribution in [-0.2, 0) is 23.2 Å². The molecule has 6 rings (SSSR count). The lowest BCUT2D eigenvalue weighted by atomic mass is 9.62. The van der Waals surface area contributed by atoms with Gasteiger partial charge in [0, 0.05) is 56.3 Å². The Kier molecular flexibility index (Phi) is 9.72. The zero-order chi connectivity index (χ0) is 32.3. The van der Waals surface area contributed by atoms with Crippen molar-refractivity contribution in [2.45, 2.75) is 90.4 Å². The molecule has 1 aromatic heterocycles. The molecule has 4 heterocycles. The second kappa shape index (κ2) is 13.7. The highest BCUT2D eigenvalue weighted by molar-refractivity contribution is 5.69. The van der Waals surface area contributed by atoms with Crippen LogP contribution >= 0.6 is 0 Å². The van der Waals surface area contributed by atoms with Crippen LogP contribution in [0.4, 0.5) is 4.79 Å². The minimum atomic E-state index is -0.501. The molecule has 0 radical (unpaired) electrons. The Balaban J connectivity index is 1.32. The molecule has 3 aliphatic rings. The highest BCUT2D eigenvalue weighted by Gasteiger charge is 2.49. The Morgan fingerprint density at radius 3 is 2.52 bits per heavy atom.